The lowest BCUT2D eigenvalue weighted by Crippen LogP contribution is -2.52. The highest BCUT2D eigenvalue weighted by atomic mass is 32.2. The molecular formula is C24H28N2O4S. The van der Waals surface area contributed by atoms with Crippen molar-refractivity contribution in [2.45, 2.75) is 19.1 Å². The van der Waals surface area contributed by atoms with Gasteiger partial charge in [0.1, 0.15) is 12.4 Å². The summed E-state index contributed by atoms with van der Waals surface area (Å²) in [5.41, 5.74) is 2.06. The number of ether oxygens (including phenoxy) is 1. The number of nitrogens with zero attached hydrogens (tertiary/aromatic N) is 2. The molecule has 2 aliphatic heterocycles. The van der Waals surface area contributed by atoms with Crippen LogP contribution in [0.3, 0.4) is 0 Å². The average Bonchev–Trinajstić information content (AvgIpc) is 3.17. The van der Waals surface area contributed by atoms with Crippen LogP contribution in [-0.2, 0) is 21.2 Å². The topological polar surface area (TPSA) is 66.9 Å². The summed E-state index contributed by atoms with van der Waals surface area (Å²) < 4.78 is 29.2. The minimum absolute atomic E-state index is 0.0110. The monoisotopic (exact) mass is 440 g/mol. The number of sulfone groups is 1. The molecule has 0 spiro atoms. The Labute approximate surface area is 184 Å². The number of piperazine rings is 1. The van der Waals surface area contributed by atoms with Gasteiger partial charge >= 0.3 is 0 Å². The standard InChI is InChI=1S/C24H28N2O4S/c27-24(26-15-13-25(14-16-26)22-12-17-31(28,29)19-22)11-8-20-6-9-23(10-7-20)30-18-21-4-2-1-3-5-21/h1-11,22H,12-19H2/b11-8+. The molecule has 0 N–H and O–H groups in total. The Morgan fingerprint density at radius 1 is 1.00 bits per heavy atom. The SMILES string of the molecule is O=C(/C=C/c1ccc(OCc2ccccc2)cc1)N1CCN(C2CCS(=O)(=O)C2)CC1. The number of rotatable bonds is 6. The van der Waals surface area contributed by atoms with Gasteiger partial charge in [0.25, 0.3) is 0 Å². The van der Waals surface area contributed by atoms with Gasteiger partial charge < -0.3 is 9.64 Å². The summed E-state index contributed by atoms with van der Waals surface area (Å²) in [6, 6.07) is 17.8. The molecule has 6 nitrogen and oxygen atoms in total. The third-order valence-corrected chi connectivity index (χ3v) is 7.65. The van der Waals surface area contributed by atoms with Crippen LogP contribution in [0.4, 0.5) is 0 Å². The second-order valence-electron chi connectivity index (χ2n) is 8.09. The fraction of sp³-hybridized carbons (Fsp3) is 0.375. The first-order chi connectivity index (χ1) is 15.0. The summed E-state index contributed by atoms with van der Waals surface area (Å²) in [7, 11) is -2.88. The second-order valence-corrected chi connectivity index (χ2v) is 10.3. The average molecular weight is 441 g/mol. The predicted octanol–water partition coefficient (Wildman–Crippen LogP) is 2.61. The molecule has 7 heteroatoms. The molecule has 4 rings (SSSR count). The summed E-state index contributed by atoms with van der Waals surface area (Å²) in [6.07, 6.45) is 4.13. The summed E-state index contributed by atoms with van der Waals surface area (Å²) >= 11 is 0. The predicted molar refractivity (Wildman–Crippen MR) is 121 cm³/mol. The van der Waals surface area contributed by atoms with E-state index in [0.717, 1.165) is 30.0 Å². The molecule has 2 aliphatic rings. The fourth-order valence-corrected chi connectivity index (χ4v) is 5.82. The van der Waals surface area contributed by atoms with Gasteiger partial charge in [0.2, 0.25) is 5.91 Å². The first kappa shape index (κ1) is 21.6. The van der Waals surface area contributed by atoms with Crippen LogP contribution in [0.2, 0.25) is 0 Å². The number of amides is 1. The quantitative estimate of drug-likeness (QED) is 0.646. The van der Waals surface area contributed by atoms with Crippen LogP contribution in [0.1, 0.15) is 17.5 Å². The van der Waals surface area contributed by atoms with E-state index < -0.39 is 9.84 Å². The van der Waals surface area contributed by atoms with Gasteiger partial charge in [-0.1, -0.05) is 42.5 Å². The number of hydrogen-bond acceptors (Lipinski definition) is 5. The number of carbonyl (C=O) groups is 1. The van der Waals surface area contributed by atoms with Crippen LogP contribution >= 0.6 is 0 Å². The lowest BCUT2D eigenvalue weighted by Gasteiger charge is -2.37. The zero-order valence-electron chi connectivity index (χ0n) is 17.5. The van der Waals surface area contributed by atoms with Gasteiger partial charge in [-0.05, 0) is 35.8 Å². The van der Waals surface area contributed by atoms with Gasteiger partial charge in [-0.2, -0.15) is 0 Å². The maximum Gasteiger partial charge on any atom is 0.246 e. The first-order valence-corrected chi connectivity index (χ1v) is 12.5. The fourth-order valence-electron chi connectivity index (χ4n) is 4.06. The number of benzene rings is 2. The molecule has 2 fully saturated rings. The van der Waals surface area contributed by atoms with Crippen LogP contribution in [0.15, 0.2) is 60.7 Å². The summed E-state index contributed by atoms with van der Waals surface area (Å²) in [6.45, 7) is 3.24. The molecule has 0 aliphatic carbocycles. The molecule has 0 saturated carbocycles. The lowest BCUT2D eigenvalue weighted by molar-refractivity contribution is -0.127. The molecule has 2 heterocycles. The second kappa shape index (κ2) is 9.66. The van der Waals surface area contributed by atoms with Crippen molar-refractivity contribution in [3.8, 4) is 5.75 Å². The zero-order valence-corrected chi connectivity index (χ0v) is 18.3. The van der Waals surface area contributed by atoms with Crippen LogP contribution in [0, 0.1) is 0 Å². The van der Waals surface area contributed by atoms with E-state index in [0.29, 0.717) is 26.1 Å². The lowest BCUT2D eigenvalue weighted by atomic mass is 10.1. The van der Waals surface area contributed by atoms with Gasteiger partial charge in [-0.15, -0.1) is 0 Å². The molecule has 0 aromatic heterocycles. The van der Waals surface area contributed by atoms with E-state index in [4.69, 9.17) is 4.74 Å². The summed E-state index contributed by atoms with van der Waals surface area (Å²) in [4.78, 5) is 16.6. The van der Waals surface area contributed by atoms with Gasteiger partial charge in [-0.3, -0.25) is 9.69 Å². The van der Waals surface area contributed by atoms with Gasteiger partial charge in [-0.25, -0.2) is 8.42 Å². The zero-order chi connectivity index (χ0) is 21.7. The van der Waals surface area contributed by atoms with Crippen molar-refractivity contribution < 1.29 is 17.9 Å². The highest BCUT2D eigenvalue weighted by Gasteiger charge is 2.34. The van der Waals surface area contributed by atoms with Gasteiger partial charge in [0.05, 0.1) is 11.5 Å². The Kier molecular flexibility index (Phi) is 6.73. The number of carbonyl (C=O) groups excluding carboxylic acids is 1. The van der Waals surface area contributed by atoms with Crippen molar-refractivity contribution >= 4 is 21.8 Å². The van der Waals surface area contributed by atoms with Crippen molar-refractivity contribution in [1.82, 2.24) is 9.80 Å². The summed E-state index contributed by atoms with van der Waals surface area (Å²) in [5, 5.41) is 0. The van der Waals surface area contributed by atoms with Crippen LogP contribution in [0.25, 0.3) is 6.08 Å². The molecule has 31 heavy (non-hydrogen) atoms. The third kappa shape index (κ3) is 5.95. The van der Waals surface area contributed by atoms with E-state index >= 15 is 0 Å². The van der Waals surface area contributed by atoms with Crippen LogP contribution in [-0.4, -0.2) is 67.9 Å². The Bertz CT molecular complexity index is 1010. The smallest absolute Gasteiger partial charge is 0.246 e. The minimum atomic E-state index is -2.88. The van der Waals surface area contributed by atoms with Crippen molar-refractivity contribution in [3.63, 3.8) is 0 Å². The molecule has 1 unspecified atom stereocenters. The Morgan fingerprint density at radius 2 is 1.71 bits per heavy atom. The Hall–Kier alpha value is -2.64. The van der Waals surface area contributed by atoms with Gasteiger partial charge in [0.15, 0.2) is 9.84 Å². The van der Waals surface area contributed by atoms with Gasteiger partial charge in [0, 0.05) is 38.3 Å². The maximum atomic E-state index is 12.5. The Balaban J connectivity index is 1.24. The molecule has 2 aromatic carbocycles. The molecule has 0 radical (unpaired) electrons. The molecule has 0 bridgehead atoms. The third-order valence-electron chi connectivity index (χ3n) is 5.90. The number of hydrogen-bond donors (Lipinski definition) is 0. The highest BCUT2D eigenvalue weighted by molar-refractivity contribution is 7.91. The Morgan fingerprint density at radius 3 is 2.35 bits per heavy atom. The van der Waals surface area contributed by atoms with E-state index in [1.54, 1.807) is 6.08 Å². The molecule has 1 atom stereocenters. The van der Waals surface area contributed by atoms with Crippen molar-refractivity contribution in [2.24, 2.45) is 0 Å². The van der Waals surface area contributed by atoms with E-state index in [-0.39, 0.29) is 23.5 Å². The normalized spacial score (nSPS) is 21.4. The van der Waals surface area contributed by atoms with Crippen molar-refractivity contribution in [3.05, 3.63) is 71.8 Å². The molecule has 1 amide bonds. The van der Waals surface area contributed by atoms with E-state index in [9.17, 15) is 13.2 Å². The molecular weight excluding hydrogens is 412 g/mol. The molecule has 164 valence electrons. The van der Waals surface area contributed by atoms with E-state index in [2.05, 4.69) is 4.90 Å². The maximum absolute atomic E-state index is 12.5. The van der Waals surface area contributed by atoms with E-state index in [1.807, 2.05) is 65.6 Å². The van der Waals surface area contributed by atoms with Crippen molar-refractivity contribution in [2.75, 3.05) is 37.7 Å². The molecule has 2 saturated heterocycles. The first-order valence-electron chi connectivity index (χ1n) is 10.7. The van der Waals surface area contributed by atoms with E-state index in [1.165, 1.54) is 0 Å². The van der Waals surface area contributed by atoms with Crippen LogP contribution in [0.5, 0.6) is 5.75 Å². The summed E-state index contributed by atoms with van der Waals surface area (Å²) in [5.74, 6) is 1.32. The largest absolute Gasteiger partial charge is 0.489 e. The highest BCUT2D eigenvalue weighted by Crippen LogP contribution is 2.20. The molecule has 2 aromatic rings. The van der Waals surface area contributed by atoms with Crippen LogP contribution < -0.4 is 4.74 Å². The minimum Gasteiger partial charge on any atom is -0.489 e. The van der Waals surface area contributed by atoms with Crippen molar-refractivity contribution in [1.29, 1.82) is 0 Å².